The Balaban J connectivity index is 2.60. The molecular formula is C15H22O2. The van der Waals surface area contributed by atoms with Crippen LogP contribution in [-0.4, -0.2) is 11.1 Å². The molecule has 0 bridgehead atoms. The summed E-state index contributed by atoms with van der Waals surface area (Å²) in [5.74, 6) is -0.360. The largest absolute Gasteiger partial charge is 0.481 e. The van der Waals surface area contributed by atoms with E-state index in [1.54, 1.807) is 0 Å². The summed E-state index contributed by atoms with van der Waals surface area (Å²) in [5, 5.41) is 9.20. The highest BCUT2D eigenvalue weighted by Crippen LogP contribution is 2.18. The standard InChI is InChI=1S/C15H22O2/c1-11(2)4-9-14(15(16)17)10-13-7-5-12(3)6-8-13/h5-8,11,14H,4,9-10H2,1-3H3,(H,16,17). The Kier molecular flexibility index (Phi) is 5.20. The van der Waals surface area contributed by atoms with Gasteiger partial charge in [-0.3, -0.25) is 4.79 Å². The van der Waals surface area contributed by atoms with Crippen LogP contribution < -0.4 is 0 Å². The minimum absolute atomic E-state index is 0.250. The molecule has 0 amide bonds. The van der Waals surface area contributed by atoms with Gasteiger partial charge in [0.15, 0.2) is 0 Å². The van der Waals surface area contributed by atoms with Crippen molar-refractivity contribution in [2.75, 3.05) is 0 Å². The van der Waals surface area contributed by atoms with Crippen molar-refractivity contribution in [3.05, 3.63) is 35.4 Å². The molecule has 1 rings (SSSR count). The number of hydrogen-bond acceptors (Lipinski definition) is 1. The van der Waals surface area contributed by atoms with E-state index in [2.05, 4.69) is 13.8 Å². The summed E-state index contributed by atoms with van der Waals surface area (Å²) in [7, 11) is 0. The van der Waals surface area contributed by atoms with Crippen molar-refractivity contribution in [1.29, 1.82) is 0 Å². The molecule has 0 aromatic heterocycles. The number of rotatable bonds is 6. The monoisotopic (exact) mass is 234 g/mol. The lowest BCUT2D eigenvalue weighted by Crippen LogP contribution is -2.17. The van der Waals surface area contributed by atoms with Crippen LogP contribution in [-0.2, 0) is 11.2 Å². The maximum atomic E-state index is 11.2. The zero-order chi connectivity index (χ0) is 12.8. The smallest absolute Gasteiger partial charge is 0.306 e. The first-order chi connectivity index (χ1) is 7.99. The topological polar surface area (TPSA) is 37.3 Å². The first-order valence-electron chi connectivity index (χ1n) is 6.27. The quantitative estimate of drug-likeness (QED) is 0.815. The van der Waals surface area contributed by atoms with Gasteiger partial charge >= 0.3 is 5.97 Å². The number of aryl methyl sites for hydroxylation is 1. The lowest BCUT2D eigenvalue weighted by Gasteiger charge is -2.13. The number of carboxylic acids is 1. The zero-order valence-electron chi connectivity index (χ0n) is 10.9. The molecule has 0 aliphatic heterocycles. The minimum Gasteiger partial charge on any atom is -0.481 e. The summed E-state index contributed by atoms with van der Waals surface area (Å²) in [4.78, 5) is 11.2. The molecule has 94 valence electrons. The fourth-order valence-electron chi connectivity index (χ4n) is 1.86. The van der Waals surface area contributed by atoms with Gasteiger partial charge in [-0.15, -0.1) is 0 Å². The Bertz CT molecular complexity index is 352. The molecule has 2 nitrogen and oxygen atoms in total. The maximum absolute atomic E-state index is 11.2. The molecular weight excluding hydrogens is 212 g/mol. The Labute approximate surface area is 104 Å². The van der Waals surface area contributed by atoms with Crippen molar-refractivity contribution >= 4 is 5.97 Å². The summed E-state index contributed by atoms with van der Waals surface area (Å²) in [6.07, 6.45) is 2.38. The molecule has 0 heterocycles. The summed E-state index contributed by atoms with van der Waals surface area (Å²) in [6.45, 7) is 6.30. The van der Waals surface area contributed by atoms with Crippen molar-refractivity contribution < 1.29 is 9.90 Å². The van der Waals surface area contributed by atoms with E-state index in [9.17, 15) is 9.90 Å². The Morgan fingerprint density at radius 1 is 1.18 bits per heavy atom. The van der Waals surface area contributed by atoms with E-state index < -0.39 is 5.97 Å². The first kappa shape index (κ1) is 13.8. The van der Waals surface area contributed by atoms with Crippen LogP contribution in [0.4, 0.5) is 0 Å². The summed E-state index contributed by atoms with van der Waals surface area (Å²) < 4.78 is 0. The minimum atomic E-state index is -0.675. The molecule has 1 N–H and O–H groups in total. The third-order valence-corrected chi connectivity index (χ3v) is 3.04. The fourth-order valence-corrected chi connectivity index (χ4v) is 1.86. The number of carboxylic acid groups (broad SMARTS) is 1. The summed E-state index contributed by atoms with van der Waals surface area (Å²) >= 11 is 0. The van der Waals surface area contributed by atoms with Gasteiger partial charge in [0.05, 0.1) is 5.92 Å². The van der Waals surface area contributed by atoms with Gasteiger partial charge in [0.25, 0.3) is 0 Å². The van der Waals surface area contributed by atoms with E-state index in [1.807, 2.05) is 31.2 Å². The molecule has 2 heteroatoms. The van der Waals surface area contributed by atoms with E-state index in [4.69, 9.17) is 0 Å². The molecule has 0 fully saturated rings. The molecule has 1 unspecified atom stereocenters. The molecule has 0 saturated heterocycles. The Morgan fingerprint density at radius 2 is 1.76 bits per heavy atom. The van der Waals surface area contributed by atoms with Gasteiger partial charge in [-0.1, -0.05) is 50.1 Å². The molecule has 17 heavy (non-hydrogen) atoms. The summed E-state index contributed by atoms with van der Waals surface area (Å²) in [5.41, 5.74) is 2.33. The summed E-state index contributed by atoms with van der Waals surface area (Å²) in [6, 6.07) is 8.13. The lowest BCUT2D eigenvalue weighted by molar-refractivity contribution is -0.142. The molecule has 0 saturated carbocycles. The number of benzene rings is 1. The van der Waals surface area contributed by atoms with E-state index in [0.717, 1.165) is 18.4 Å². The maximum Gasteiger partial charge on any atom is 0.306 e. The third kappa shape index (κ3) is 5.03. The average molecular weight is 234 g/mol. The Hall–Kier alpha value is -1.31. The molecule has 1 aromatic rings. The van der Waals surface area contributed by atoms with Crippen LogP contribution >= 0.6 is 0 Å². The van der Waals surface area contributed by atoms with Crippen molar-refractivity contribution in [2.24, 2.45) is 11.8 Å². The van der Waals surface area contributed by atoms with Crippen LogP contribution in [0.2, 0.25) is 0 Å². The number of hydrogen-bond donors (Lipinski definition) is 1. The van der Waals surface area contributed by atoms with Gasteiger partial charge in [-0.2, -0.15) is 0 Å². The highest BCUT2D eigenvalue weighted by Gasteiger charge is 2.18. The van der Waals surface area contributed by atoms with Crippen LogP contribution in [0.25, 0.3) is 0 Å². The fraction of sp³-hybridized carbons (Fsp3) is 0.533. The highest BCUT2D eigenvalue weighted by molar-refractivity contribution is 5.70. The van der Waals surface area contributed by atoms with Crippen LogP contribution in [0.3, 0.4) is 0 Å². The zero-order valence-corrected chi connectivity index (χ0v) is 10.9. The van der Waals surface area contributed by atoms with Crippen molar-refractivity contribution in [2.45, 2.75) is 40.0 Å². The second kappa shape index (κ2) is 6.43. The molecule has 1 aromatic carbocycles. The van der Waals surface area contributed by atoms with E-state index in [1.165, 1.54) is 5.56 Å². The van der Waals surface area contributed by atoms with Crippen LogP contribution in [0.15, 0.2) is 24.3 Å². The number of carbonyl (C=O) groups is 1. The van der Waals surface area contributed by atoms with Crippen LogP contribution in [0.5, 0.6) is 0 Å². The lowest BCUT2D eigenvalue weighted by atomic mass is 9.92. The van der Waals surface area contributed by atoms with Crippen molar-refractivity contribution in [3.63, 3.8) is 0 Å². The number of aliphatic carboxylic acids is 1. The third-order valence-electron chi connectivity index (χ3n) is 3.04. The van der Waals surface area contributed by atoms with Gasteiger partial charge in [0, 0.05) is 0 Å². The van der Waals surface area contributed by atoms with Gasteiger partial charge in [0.1, 0.15) is 0 Å². The Morgan fingerprint density at radius 3 is 2.24 bits per heavy atom. The van der Waals surface area contributed by atoms with Gasteiger partial charge in [0.2, 0.25) is 0 Å². The van der Waals surface area contributed by atoms with Crippen molar-refractivity contribution in [1.82, 2.24) is 0 Å². The van der Waals surface area contributed by atoms with E-state index in [0.29, 0.717) is 12.3 Å². The van der Waals surface area contributed by atoms with E-state index >= 15 is 0 Å². The van der Waals surface area contributed by atoms with Crippen LogP contribution in [0, 0.1) is 18.8 Å². The normalized spacial score (nSPS) is 12.7. The molecule has 0 aliphatic carbocycles. The SMILES string of the molecule is Cc1ccc(CC(CCC(C)C)C(=O)O)cc1. The van der Waals surface area contributed by atoms with Crippen LogP contribution in [0.1, 0.15) is 37.8 Å². The predicted molar refractivity (Wildman–Crippen MR) is 70.1 cm³/mol. The van der Waals surface area contributed by atoms with E-state index in [-0.39, 0.29) is 5.92 Å². The van der Waals surface area contributed by atoms with Crippen molar-refractivity contribution in [3.8, 4) is 0 Å². The second-order valence-electron chi connectivity index (χ2n) is 5.20. The second-order valence-corrected chi connectivity index (χ2v) is 5.20. The van der Waals surface area contributed by atoms with Gasteiger partial charge < -0.3 is 5.11 Å². The van der Waals surface area contributed by atoms with Gasteiger partial charge in [-0.05, 0) is 31.2 Å². The molecule has 0 aliphatic rings. The molecule has 1 atom stereocenters. The molecule has 0 radical (unpaired) electrons. The van der Waals surface area contributed by atoms with Gasteiger partial charge in [-0.25, -0.2) is 0 Å². The first-order valence-corrected chi connectivity index (χ1v) is 6.27. The predicted octanol–water partition coefficient (Wildman–Crippen LogP) is 3.67. The molecule has 0 spiro atoms. The average Bonchev–Trinajstić information content (AvgIpc) is 2.26. The highest BCUT2D eigenvalue weighted by atomic mass is 16.4.